The van der Waals surface area contributed by atoms with Crippen molar-refractivity contribution in [1.82, 2.24) is 4.90 Å². The molecule has 0 aromatic carbocycles. The van der Waals surface area contributed by atoms with E-state index in [2.05, 4.69) is 12.6 Å². The van der Waals surface area contributed by atoms with Crippen LogP contribution in [0.2, 0.25) is 0 Å². The molecule has 1 fully saturated rings. The molecule has 0 N–H and O–H groups in total. The van der Waals surface area contributed by atoms with Crippen molar-refractivity contribution in [3.8, 4) is 0 Å². The van der Waals surface area contributed by atoms with E-state index in [0.29, 0.717) is 6.04 Å². The topological polar surface area (TPSA) is 20.3 Å². The van der Waals surface area contributed by atoms with E-state index in [1.54, 1.807) is 0 Å². The van der Waals surface area contributed by atoms with Crippen molar-refractivity contribution < 1.29 is 4.79 Å². The van der Waals surface area contributed by atoms with E-state index in [1.165, 1.54) is 30.6 Å². The lowest BCUT2D eigenvalue weighted by Crippen LogP contribution is -2.37. The van der Waals surface area contributed by atoms with Crippen LogP contribution < -0.4 is 0 Å². The quantitative estimate of drug-likeness (QED) is 0.803. The molecular weight excluding hydrogens is 238 g/mol. The lowest BCUT2D eigenvalue weighted by atomic mass is 9.94. The van der Waals surface area contributed by atoms with E-state index < -0.39 is 0 Å². The summed E-state index contributed by atoms with van der Waals surface area (Å²) < 4.78 is 0. The Morgan fingerprint density at radius 3 is 2.69 bits per heavy atom. The standard InChI is InChI=1S/C12H17NOS2/c1-13(9-5-3-2-4-6-9)12(14)11-7-10(15)8-16-11/h7-9,15H,2-6H2,1H3. The highest BCUT2D eigenvalue weighted by Gasteiger charge is 2.23. The van der Waals surface area contributed by atoms with Gasteiger partial charge in [0.2, 0.25) is 0 Å². The smallest absolute Gasteiger partial charge is 0.263 e. The molecule has 0 aliphatic heterocycles. The Kier molecular flexibility index (Phi) is 3.92. The summed E-state index contributed by atoms with van der Waals surface area (Å²) in [6, 6.07) is 2.29. The zero-order valence-corrected chi connectivity index (χ0v) is 11.2. The van der Waals surface area contributed by atoms with Crippen molar-refractivity contribution in [3.63, 3.8) is 0 Å². The van der Waals surface area contributed by atoms with Crippen molar-refractivity contribution in [2.24, 2.45) is 0 Å². The molecule has 1 aromatic heterocycles. The second-order valence-corrected chi connectivity index (χ2v) is 5.80. The average molecular weight is 255 g/mol. The molecule has 2 nitrogen and oxygen atoms in total. The number of carbonyl (C=O) groups excluding carboxylic acids is 1. The molecule has 88 valence electrons. The van der Waals surface area contributed by atoms with Crippen molar-refractivity contribution in [2.45, 2.75) is 43.0 Å². The zero-order valence-electron chi connectivity index (χ0n) is 9.48. The van der Waals surface area contributed by atoms with E-state index in [0.717, 1.165) is 22.6 Å². The van der Waals surface area contributed by atoms with Gasteiger partial charge in [0.1, 0.15) is 0 Å². The van der Waals surface area contributed by atoms with Gasteiger partial charge in [-0.2, -0.15) is 0 Å². The van der Waals surface area contributed by atoms with Crippen molar-refractivity contribution in [3.05, 3.63) is 16.3 Å². The summed E-state index contributed by atoms with van der Waals surface area (Å²) in [7, 11) is 1.93. The second kappa shape index (κ2) is 5.23. The molecule has 16 heavy (non-hydrogen) atoms. The SMILES string of the molecule is CN(C(=O)c1cc(S)cs1)C1CCCCC1. The Bertz CT molecular complexity index is 369. The van der Waals surface area contributed by atoms with Crippen LogP contribution >= 0.6 is 24.0 Å². The van der Waals surface area contributed by atoms with Gasteiger partial charge in [-0.15, -0.1) is 24.0 Å². The van der Waals surface area contributed by atoms with Gasteiger partial charge in [0.15, 0.2) is 0 Å². The van der Waals surface area contributed by atoms with Crippen LogP contribution in [0.3, 0.4) is 0 Å². The van der Waals surface area contributed by atoms with E-state index in [9.17, 15) is 4.79 Å². The monoisotopic (exact) mass is 255 g/mol. The van der Waals surface area contributed by atoms with Crippen molar-refractivity contribution in [2.75, 3.05) is 7.05 Å². The number of hydrogen-bond donors (Lipinski definition) is 1. The second-order valence-electron chi connectivity index (χ2n) is 4.38. The maximum absolute atomic E-state index is 12.2. The highest BCUT2D eigenvalue weighted by molar-refractivity contribution is 7.80. The molecule has 1 amide bonds. The fourth-order valence-corrected chi connectivity index (χ4v) is 3.38. The van der Waals surface area contributed by atoms with Gasteiger partial charge in [-0.3, -0.25) is 4.79 Å². The molecule has 1 aliphatic rings. The molecule has 0 unspecified atom stereocenters. The summed E-state index contributed by atoms with van der Waals surface area (Å²) in [5, 5.41) is 1.91. The van der Waals surface area contributed by atoms with E-state index in [-0.39, 0.29) is 5.91 Å². The van der Waals surface area contributed by atoms with Gasteiger partial charge >= 0.3 is 0 Å². The minimum atomic E-state index is 0.150. The molecule has 0 spiro atoms. The van der Waals surface area contributed by atoms with Crippen LogP contribution in [-0.4, -0.2) is 23.9 Å². The van der Waals surface area contributed by atoms with Crippen molar-refractivity contribution in [1.29, 1.82) is 0 Å². The first-order chi connectivity index (χ1) is 7.68. The molecule has 1 saturated carbocycles. The third-order valence-corrected chi connectivity index (χ3v) is 4.59. The number of carbonyl (C=O) groups is 1. The minimum Gasteiger partial charge on any atom is -0.338 e. The maximum Gasteiger partial charge on any atom is 0.263 e. The van der Waals surface area contributed by atoms with Gasteiger partial charge in [-0.25, -0.2) is 0 Å². The number of nitrogens with zero attached hydrogens (tertiary/aromatic N) is 1. The molecular formula is C12H17NOS2. The van der Waals surface area contributed by atoms with E-state index >= 15 is 0 Å². The fraction of sp³-hybridized carbons (Fsp3) is 0.583. The first kappa shape index (κ1) is 12.0. The van der Waals surface area contributed by atoms with Gasteiger partial charge in [0, 0.05) is 23.4 Å². The van der Waals surface area contributed by atoms with Crippen LogP contribution in [0.4, 0.5) is 0 Å². The molecule has 0 atom stereocenters. The predicted molar refractivity (Wildman–Crippen MR) is 70.5 cm³/mol. The number of amides is 1. The number of thiophene rings is 1. The molecule has 2 rings (SSSR count). The summed E-state index contributed by atoms with van der Waals surface area (Å²) in [6.07, 6.45) is 6.14. The highest BCUT2D eigenvalue weighted by atomic mass is 32.1. The summed E-state index contributed by atoms with van der Waals surface area (Å²) in [4.78, 5) is 15.8. The van der Waals surface area contributed by atoms with Gasteiger partial charge in [0.25, 0.3) is 5.91 Å². The summed E-state index contributed by atoms with van der Waals surface area (Å²) in [5.41, 5.74) is 0. The Morgan fingerprint density at radius 1 is 1.44 bits per heavy atom. The Hall–Kier alpha value is -0.480. The largest absolute Gasteiger partial charge is 0.338 e. The molecule has 0 saturated heterocycles. The summed E-state index contributed by atoms with van der Waals surface area (Å²) in [5.74, 6) is 0.150. The number of thiol groups is 1. The first-order valence-corrected chi connectivity index (χ1v) is 7.06. The number of rotatable bonds is 2. The van der Waals surface area contributed by atoms with E-state index in [1.807, 2.05) is 23.4 Å². The maximum atomic E-state index is 12.2. The van der Waals surface area contributed by atoms with E-state index in [4.69, 9.17) is 0 Å². The molecule has 1 aromatic rings. The van der Waals surface area contributed by atoms with Crippen LogP contribution in [0, 0.1) is 0 Å². The summed E-state index contributed by atoms with van der Waals surface area (Å²) in [6.45, 7) is 0. The van der Waals surface area contributed by atoms with Gasteiger partial charge in [0.05, 0.1) is 4.88 Å². The fourth-order valence-electron chi connectivity index (χ4n) is 2.25. The summed E-state index contributed by atoms with van der Waals surface area (Å²) >= 11 is 5.72. The van der Waals surface area contributed by atoms with Gasteiger partial charge in [-0.1, -0.05) is 19.3 Å². The molecule has 4 heteroatoms. The van der Waals surface area contributed by atoms with Crippen LogP contribution in [0.15, 0.2) is 16.3 Å². The third-order valence-electron chi connectivity index (χ3n) is 3.24. The lowest BCUT2D eigenvalue weighted by molar-refractivity contribution is 0.0701. The van der Waals surface area contributed by atoms with Crippen molar-refractivity contribution >= 4 is 29.9 Å². The van der Waals surface area contributed by atoms with Gasteiger partial charge in [-0.05, 0) is 18.9 Å². The number of hydrogen-bond acceptors (Lipinski definition) is 3. The van der Waals surface area contributed by atoms with Crippen LogP contribution in [0.1, 0.15) is 41.8 Å². The average Bonchev–Trinajstić information content (AvgIpc) is 2.75. The highest BCUT2D eigenvalue weighted by Crippen LogP contribution is 2.25. The zero-order chi connectivity index (χ0) is 11.5. The Balaban J connectivity index is 2.03. The van der Waals surface area contributed by atoms with Crippen LogP contribution in [0.25, 0.3) is 0 Å². The first-order valence-electron chi connectivity index (χ1n) is 5.73. The minimum absolute atomic E-state index is 0.150. The molecule has 1 heterocycles. The lowest BCUT2D eigenvalue weighted by Gasteiger charge is -2.30. The molecule has 0 bridgehead atoms. The third kappa shape index (κ3) is 2.61. The Labute approximate surface area is 106 Å². The predicted octanol–water partition coefficient (Wildman–Crippen LogP) is 3.44. The molecule has 1 aliphatic carbocycles. The van der Waals surface area contributed by atoms with Crippen LogP contribution in [0.5, 0.6) is 0 Å². The Morgan fingerprint density at radius 2 is 2.12 bits per heavy atom. The molecule has 0 radical (unpaired) electrons. The van der Waals surface area contributed by atoms with Crippen LogP contribution in [-0.2, 0) is 0 Å². The normalized spacial score (nSPS) is 17.4. The van der Waals surface area contributed by atoms with Gasteiger partial charge < -0.3 is 4.90 Å².